The first kappa shape index (κ1) is 20.4. The van der Waals surface area contributed by atoms with Gasteiger partial charge in [0.15, 0.2) is 5.65 Å². The van der Waals surface area contributed by atoms with Crippen molar-refractivity contribution in [1.29, 1.82) is 0 Å². The van der Waals surface area contributed by atoms with E-state index in [0.717, 1.165) is 25.0 Å². The number of nitrogens with one attached hydrogen (secondary N) is 1. The van der Waals surface area contributed by atoms with Gasteiger partial charge in [0.1, 0.15) is 0 Å². The first-order chi connectivity index (χ1) is 14.3. The molecule has 2 heterocycles. The lowest BCUT2D eigenvalue weighted by Crippen LogP contribution is -2.30. The Morgan fingerprint density at radius 3 is 2.70 bits per heavy atom. The molecule has 158 valence electrons. The molecule has 5 nitrogen and oxygen atoms in total. The molecular weight excluding hydrogens is 393 g/mol. The summed E-state index contributed by atoms with van der Waals surface area (Å²) in [5, 5.41) is 7.75. The van der Waals surface area contributed by atoms with Crippen LogP contribution in [-0.2, 0) is 13.2 Å². The van der Waals surface area contributed by atoms with E-state index >= 15 is 0 Å². The summed E-state index contributed by atoms with van der Waals surface area (Å²) in [6.07, 6.45) is 2.93. The predicted molar refractivity (Wildman–Crippen MR) is 108 cm³/mol. The van der Waals surface area contributed by atoms with Crippen LogP contribution < -0.4 is 5.32 Å². The van der Waals surface area contributed by atoms with E-state index in [1.165, 1.54) is 30.0 Å². The van der Waals surface area contributed by atoms with E-state index < -0.39 is 11.7 Å². The van der Waals surface area contributed by atoms with E-state index in [1.807, 2.05) is 0 Å². The number of aromatic nitrogens is 3. The summed E-state index contributed by atoms with van der Waals surface area (Å²) in [4.78, 5) is 17.4. The number of amides is 1. The summed E-state index contributed by atoms with van der Waals surface area (Å²) in [5.74, 6) is 0.214. The van der Waals surface area contributed by atoms with E-state index in [-0.39, 0.29) is 5.91 Å². The number of pyridine rings is 1. The topological polar surface area (TPSA) is 59.8 Å². The highest BCUT2D eigenvalue weighted by Gasteiger charge is 2.30. The van der Waals surface area contributed by atoms with Gasteiger partial charge in [0, 0.05) is 19.2 Å². The molecule has 1 fully saturated rings. The Hall–Kier alpha value is -2.90. The lowest BCUT2D eigenvalue weighted by Gasteiger charge is -2.21. The lowest BCUT2D eigenvalue weighted by atomic mass is 9.89. The molecule has 0 radical (unpaired) electrons. The quantitative estimate of drug-likeness (QED) is 0.654. The van der Waals surface area contributed by atoms with Gasteiger partial charge >= 0.3 is 6.18 Å². The summed E-state index contributed by atoms with van der Waals surface area (Å²) >= 11 is 0. The molecule has 0 unspecified atom stereocenters. The minimum Gasteiger partial charge on any atom is -0.352 e. The number of carbonyl (C=O) groups is 1. The summed E-state index contributed by atoms with van der Waals surface area (Å²) in [6, 6.07) is 6.52. The molecule has 3 aromatic rings. The average molecular weight is 416 g/mol. The monoisotopic (exact) mass is 416 g/mol. The van der Waals surface area contributed by atoms with Crippen LogP contribution in [0.2, 0.25) is 0 Å². The van der Waals surface area contributed by atoms with Crippen molar-refractivity contribution in [2.45, 2.75) is 38.3 Å². The fourth-order valence-corrected chi connectivity index (χ4v) is 4.03. The maximum atomic E-state index is 13.1. The summed E-state index contributed by atoms with van der Waals surface area (Å²) in [6.45, 7) is 0.599. The number of halogens is 3. The standard InChI is InChI=1S/C22H23F3N4O/c1-29-20-18(13-27-29)17(21(30)26-12-14-6-3-2-4-7-14)11-19(28-20)15-8-5-9-16(10-15)22(23,24)25/h5,8-11,13-14H,2-4,6-7,12H2,1H3,(H,26,30). The van der Waals surface area contributed by atoms with Crippen LogP contribution in [0.25, 0.3) is 22.3 Å². The van der Waals surface area contributed by atoms with Gasteiger partial charge in [0.25, 0.3) is 5.91 Å². The Kier molecular flexibility index (Phi) is 5.49. The average Bonchev–Trinajstić information content (AvgIpc) is 3.12. The van der Waals surface area contributed by atoms with Gasteiger partial charge in [0.2, 0.25) is 0 Å². The van der Waals surface area contributed by atoms with Crippen LogP contribution in [-0.4, -0.2) is 27.2 Å². The second kappa shape index (κ2) is 8.08. The summed E-state index contributed by atoms with van der Waals surface area (Å²) < 4.78 is 40.9. The van der Waals surface area contributed by atoms with Crippen LogP contribution in [0.5, 0.6) is 0 Å². The lowest BCUT2D eigenvalue weighted by molar-refractivity contribution is -0.137. The molecule has 0 atom stereocenters. The molecule has 0 aliphatic heterocycles. The van der Waals surface area contributed by atoms with Gasteiger partial charge in [-0.15, -0.1) is 0 Å². The number of hydrogen-bond donors (Lipinski definition) is 1. The number of aryl methyl sites for hydroxylation is 1. The third-order valence-electron chi connectivity index (χ3n) is 5.71. The van der Waals surface area contributed by atoms with Gasteiger partial charge < -0.3 is 5.32 Å². The molecule has 1 amide bonds. The molecule has 0 spiro atoms. The van der Waals surface area contributed by atoms with Crippen LogP contribution in [0.4, 0.5) is 13.2 Å². The molecular formula is C22H23F3N4O. The largest absolute Gasteiger partial charge is 0.416 e. The zero-order valence-corrected chi connectivity index (χ0v) is 16.7. The number of alkyl halides is 3. The van der Waals surface area contributed by atoms with Crippen molar-refractivity contribution in [2.24, 2.45) is 13.0 Å². The van der Waals surface area contributed by atoms with Gasteiger partial charge in [-0.2, -0.15) is 18.3 Å². The normalized spacial score (nSPS) is 15.5. The maximum Gasteiger partial charge on any atom is 0.416 e. The molecule has 30 heavy (non-hydrogen) atoms. The van der Waals surface area contributed by atoms with E-state index in [4.69, 9.17) is 0 Å². The van der Waals surface area contributed by atoms with Crippen LogP contribution in [0.3, 0.4) is 0 Å². The second-order valence-electron chi connectivity index (χ2n) is 7.85. The minimum atomic E-state index is -4.45. The zero-order chi connectivity index (χ0) is 21.3. The van der Waals surface area contributed by atoms with Crippen LogP contribution >= 0.6 is 0 Å². The van der Waals surface area contributed by atoms with Crippen molar-refractivity contribution in [2.75, 3.05) is 6.54 Å². The fraction of sp³-hybridized carbons (Fsp3) is 0.409. The fourth-order valence-electron chi connectivity index (χ4n) is 4.03. The van der Waals surface area contributed by atoms with Gasteiger partial charge in [-0.3, -0.25) is 9.48 Å². The number of hydrogen-bond acceptors (Lipinski definition) is 3. The number of benzene rings is 1. The molecule has 8 heteroatoms. The molecule has 2 aromatic heterocycles. The highest BCUT2D eigenvalue weighted by molar-refractivity contribution is 6.06. The molecule has 0 saturated heterocycles. The van der Waals surface area contributed by atoms with Gasteiger partial charge in [-0.1, -0.05) is 31.4 Å². The SMILES string of the molecule is Cn1ncc2c(C(=O)NCC3CCCCC3)cc(-c3cccc(C(F)(F)F)c3)nc21. The molecule has 4 rings (SSSR count). The highest BCUT2D eigenvalue weighted by atomic mass is 19.4. The van der Waals surface area contributed by atoms with Crippen molar-refractivity contribution < 1.29 is 18.0 Å². The van der Waals surface area contributed by atoms with Gasteiger partial charge in [-0.05, 0) is 37.0 Å². The third-order valence-corrected chi connectivity index (χ3v) is 5.71. The minimum absolute atomic E-state index is 0.255. The van der Waals surface area contributed by atoms with E-state index in [0.29, 0.717) is 40.3 Å². The maximum absolute atomic E-state index is 13.1. The Balaban J connectivity index is 1.69. The predicted octanol–water partition coefficient (Wildman–Crippen LogP) is 4.96. The van der Waals surface area contributed by atoms with E-state index in [2.05, 4.69) is 15.4 Å². The number of nitrogens with zero attached hydrogens (tertiary/aromatic N) is 3. The van der Waals surface area contributed by atoms with Crippen molar-refractivity contribution in [3.8, 4) is 11.3 Å². The molecule has 1 aromatic carbocycles. The first-order valence-electron chi connectivity index (χ1n) is 10.1. The smallest absolute Gasteiger partial charge is 0.352 e. The Labute approximate surface area is 172 Å². The number of rotatable bonds is 4. The highest BCUT2D eigenvalue weighted by Crippen LogP contribution is 2.33. The van der Waals surface area contributed by atoms with Crippen molar-refractivity contribution in [3.63, 3.8) is 0 Å². The van der Waals surface area contributed by atoms with Crippen molar-refractivity contribution in [3.05, 3.63) is 47.7 Å². The van der Waals surface area contributed by atoms with Crippen LogP contribution in [0.1, 0.15) is 48.0 Å². The zero-order valence-electron chi connectivity index (χ0n) is 16.7. The Morgan fingerprint density at radius 1 is 1.20 bits per heavy atom. The molecule has 1 aliphatic rings. The van der Waals surface area contributed by atoms with Crippen molar-refractivity contribution >= 4 is 16.9 Å². The van der Waals surface area contributed by atoms with Crippen LogP contribution in [0.15, 0.2) is 36.5 Å². The second-order valence-corrected chi connectivity index (χ2v) is 7.85. The third kappa shape index (κ3) is 4.17. The first-order valence-corrected chi connectivity index (χ1v) is 10.1. The molecule has 0 bridgehead atoms. The van der Waals surface area contributed by atoms with Gasteiger partial charge in [-0.25, -0.2) is 4.98 Å². The van der Waals surface area contributed by atoms with E-state index in [1.54, 1.807) is 25.4 Å². The van der Waals surface area contributed by atoms with Crippen molar-refractivity contribution in [1.82, 2.24) is 20.1 Å². The Bertz CT molecular complexity index is 1070. The molecule has 1 saturated carbocycles. The summed E-state index contributed by atoms with van der Waals surface area (Å²) in [7, 11) is 1.69. The number of carbonyl (C=O) groups excluding carboxylic acids is 1. The molecule has 1 aliphatic carbocycles. The van der Waals surface area contributed by atoms with E-state index in [9.17, 15) is 18.0 Å². The summed E-state index contributed by atoms with van der Waals surface area (Å²) in [5.41, 5.74) is 0.675. The Morgan fingerprint density at radius 2 is 1.97 bits per heavy atom. The molecule has 1 N–H and O–H groups in total. The van der Waals surface area contributed by atoms with Gasteiger partial charge in [0.05, 0.1) is 28.4 Å². The number of fused-ring (bicyclic) bond motifs is 1. The van der Waals surface area contributed by atoms with Crippen LogP contribution in [0, 0.1) is 5.92 Å².